The lowest BCUT2D eigenvalue weighted by Gasteiger charge is -2.05. The van der Waals surface area contributed by atoms with Gasteiger partial charge in [-0.1, -0.05) is 41.9 Å². The van der Waals surface area contributed by atoms with Crippen LogP contribution >= 0.6 is 11.6 Å². The molecular weight excluding hydrogens is 290 g/mol. The van der Waals surface area contributed by atoms with Crippen LogP contribution < -0.4 is 5.11 Å². The average Bonchev–Trinajstić information content (AvgIpc) is 2.94. The van der Waals surface area contributed by atoms with Crippen LogP contribution in [0, 0.1) is 0 Å². The average molecular weight is 299 g/mol. The first-order valence-corrected chi connectivity index (χ1v) is 6.53. The van der Waals surface area contributed by atoms with E-state index in [4.69, 9.17) is 11.6 Å². The summed E-state index contributed by atoms with van der Waals surface area (Å²) >= 11 is 5.86. The Balaban J connectivity index is 2.19. The summed E-state index contributed by atoms with van der Waals surface area (Å²) in [4.78, 5) is 15.0. The Kier molecular flexibility index (Phi) is 3.41. The van der Waals surface area contributed by atoms with E-state index in [2.05, 4.69) is 10.1 Å². The van der Waals surface area contributed by atoms with Crippen LogP contribution in [-0.4, -0.2) is 20.7 Å². The summed E-state index contributed by atoms with van der Waals surface area (Å²) in [6.07, 6.45) is 0. The SMILES string of the molecule is O=C([O-])c1nc(-c2ccccc2)n(-c2ccc(Cl)cc2)n1. The second-order valence-electron chi connectivity index (χ2n) is 4.30. The van der Waals surface area contributed by atoms with Gasteiger partial charge in [0.05, 0.1) is 5.69 Å². The maximum Gasteiger partial charge on any atom is 0.197 e. The summed E-state index contributed by atoms with van der Waals surface area (Å²) < 4.78 is 1.46. The van der Waals surface area contributed by atoms with Crippen LogP contribution in [0.4, 0.5) is 0 Å². The standard InChI is InChI=1S/C15H10ClN3O2/c16-11-6-8-12(9-7-11)19-14(10-4-2-1-3-5-10)17-13(18-19)15(20)21/h1-9H,(H,20,21)/p-1. The highest BCUT2D eigenvalue weighted by Crippen LogP contribution is 2.22. The minimum atomic E-state index is -1.42. The molecule has 0 unspecified atom stereocenters. The largest absolute Gasteiger partial charge is 0.541 e. The first-order valence-electron chi connectivity index (χ1n) is 6.15. The summed E-state index contributed by atoms with van der Waals surface area (Å²) in [6, 6.07) is 16.1. The highest BCUT2D eigenvalue weighted by Gasteiger charge is 2.13. The van der Waals surface area contributed by atoms with Crippen molar-refractivity contribution in [1.82, 2.24) is 14.8 Å². The Bertz CT molecular complexity index is 782. The van der Waals surface area contributed by atoms with Crippen molar-refractivity contribution in [3.8, 4) is 17.1 Å². The lowest BCUT2D eigenvalue weighted by molar-refractivity contribution is -0.256. The van der Waals surface area contributed by atoms with E-state index >= 15 is 0 Å². The number of carboxylic acid groups (broad SMARTS) is 1. The molecule has 0 atom stereocenters. The van der Waals surface area contributed by atoms with Crippen molar-refractivity contribution in [3.63, 3.8) is 0 Å². The predicted octanol–water partition coefficient (Wildman–Crippen LogP) is 1.95. The molecule has 0 spiro atoms. The number of carbonyl (C=O) groups is 1. The monoisotopic (exact) mass is 298 g/mol. The van der Waals surface area contributed by atoms with Crippen molar-refractivity contribution in [3.05, 3.63) is 65.4 Å². The zero-order valence-electron chi connectivity index (χ0n) is 10.7. The van der Waals surface area contributed by atoms with Gasteiger partial charge in [0.1, 0.15) is 5.97 Å². The second-order valence-corrected chi connectivity index (χ2v) is 4.74. The van der Waals surface area contributed by atoms with Gasteiger partial charge in [-0.2, -0.15) is 0 Å². The van der Waals surface area contributed by atoms with E-state index in [1.54, 1.807) is 24.3 Å². The number of halogens is 1. The third-order valence-electron chi connectivity index (χ3n) is 2.89. The van der Waals surface area contributed by atoms with Crippen molar-refractivity contribution >= 4 is 17.6 Å². The zero-order valence-corrected chi connectivity index (χ0v) is 11.5. The van der Waals surface area contributed by atoms with E-state index < -0.39 is 5.97 Å². The molecule has 104 valence electrons. The molecule has 0 aliphatic rings. The van der Waals surface area contributed by atoms with Gasteiger partial charge >= 0.3 is 0 Å². The van der Waals surface area contributed by atoms with Crippen LogP contribution in [-0.2, 0) is 0 Å². The molecule has 1 heterocycles. The molecule has 0 aliphatic carbocycles. The normalized spacial score (nSPS) is 10.5. The number of benzene rings is 2. The molecule has 5 nitrogen and oxygen atoms in total. The van der Waals surface area contributed by atoms with Crippen molar-refractivity contribution in [2.75, 3.05) is 0 Å². The number of rotatable bonds is 3. The van der Waals surface area contributed by atoms with E-state index in [9.17, 15) is 9.90 Å². The summed E-state index contributed by atoms with van der Waals surface area (Å²) in [5.74, 6) is -1.35. The summed E-state index contributed by atoms with van der Waals surface area (Å²) in [5, 5.41) is 15.6. The van der Waals surface area contributed by atoms with Gasteiger partial charge in [0.25, 0.3) is 0 Å². The molecule has 0 saturated heterocycles. The molecule has 2 aromatic carbocycles. The van der Waals surface area contributed by atoms with Crippen LogP contribution in [0.1, 0.15) is 10.6 Å². The topological polar surface area (TPSA) is 70.8 Å². The van der Waals surface area contributed by atoms with Crippen molar-refractivity contribution < 1.29 is 9.90 Å². The molecular formula is C15H9ClN3O2-. The molecule has 0 amide bonds. The minimum absolute atomic E-state index is 0.358. The molecule has 0 aliphatic heterocycles. The minimum Gasteiger partial charge on any atom is -0.541 e. The molecule has 0 N–H and O–H groups in total. The maximum atomic E-state index is 11.0. The summed E-state index contributed by atoms with van der Waals surface area (Å²) in [7, 11) is 0. The van der Waals surface area contributed by atoms with Gasteiger partial charge in [0, 0.05) is 10.6 Å². The highest BCUT2D eigenvalue weighted by molar-refractivity contribution is 6.30. The fourth-order valence-corrected chi connectivity index (χ4v) is 2.06. The van der Waals surface area contributed by atoms with E-state index in [0.717, 1.165) is 5.56 Å². The van der Waals surface area contributed by atoms with Gasteiger partial charge in [-0.25, -0.2) is 9.67 Å². The van der Waals surface area contributed by atoms with Crippen LogP contribution in [0.15, 0.2) is 54.6 Å². The second kappa shape index (κ2) is 5.38. The predicted molar refractivity (Wildman–Crippen MR) is 76.1 cm³/mol. The van der Waals surface area contributed by atoms with Gasteiger partial charge in [0.2, 0.25) is 0 Å². The van der Waals surface area contributed by atoms with Gasteiger partial charge in [-0.15, -0.1) is 5.10 Å². The molecule has 21 heavy (non-hydrogen) atoms. The lowest BCUT2D eigenvalue weighted by atomic mass is 10.2. The quantitative estimate of drug-likeness (QED) is 0.741. The number of hydrogen-bond acceptors (Lipinski definition) is 4. The molecule has 0 radical (unpaired) electrons. The van der Waals surface area contributed by atoms with Gasteiger partial charge in [-0.3, -0.25) is 0 Å². The van der Waals surface area contributed by atoms with Gasteiger partial charge in [0.15, 0.2) is 11.6 Å². The van der Waals surface area contributed by atoms with Crippen molar-refractivity contribution in [2.45, 2.75) is 0 Å². The van der Waals surface area contributed by atoms with Crippen molar-refractivity contribution in [1.29, 1.82) is 0 Å². The maximum absolute atomic E-state index is 11.0. The Morgan fingerprint density at radius 3 is 2.33 bits per heavy atom. The molecule has 0 saturated carbocycles. The fraction of sp³-hybridized carbons (Fsp3) is 0. The lowest BCUT2D eigenvalue weighted by Crippen LogP contribution is -2.23. The third-order valence-corrected chi connectivity index (χ3v) is 3.14. The third kappa shape index (κ3) is 2.64. The molecule has 0 bridgehead atoms. The number of aromatic carboxylic acids is 1. The fourth-order valence-electron chi connectivity index (χ4n) is 1.93. The number of aromatic nitrogens is 3. The van der Waals surface area contributed by atoms with Crippen LogP contribution in [0.2, 0.25) is 5.02 Å². The Morgan fingerprint density at radius 2 is 1.71 bits per heavy atom. The number of hydrogen-bond donors (Lipinski definition) is 0. The van der Waals surface area contributed by atoms with E-state index in [-0.39, 0.29) is 5.82 Å². The summed E-state index contributed by atoms with van der Waals surface area (Å²) in [5.41, 5.74) is 1.42. The van der Waals surface area contributed by atoms with Gasteiger partial charge in [-0.05, 0) is 24.3 Å². The van der Waals surface area contributed by atoms with E-state index in [1.165, 1.54) is 4.68 Å². The Labute approximate surface area is 125 Å². The van der Waals surface area contributed by atoms with Gasteiger partial charge < -0.3 is 9.90 Å². The Morgan fingerprint density at radius 1 is 1.05 bits per heavy atom. The highest BCUT2D eigenvalue weighted by atomic mass is 35.5. The Hall–Kier alpha value is -2.66. The molecule has 6 heteroatoms. The van der Waals surface area contributed by atoms with E-state index in [0.29, 0.717) is 16.5 Å². The first-order chi connectivity index (χ1) is 10.1. The van der Waals surface area contributed by atoms with Crippen molar-refractivity contribution in [2.24, 2.45) is 0 Å². The molecule has 3 aromatic rings. The van der Waals surface area contributed by atoms with Crippen LogP contribution in [0.25, 0.3) is 17.1 Å². The van der Waals surface area contributed by atoms with Crippen LogP contribution in [0.5, 0.6) is 0 Å². The first kappa shape index (κ1) is 13.3. The number of carbonyl (C=O) groups excluding carboxylic acids is 1. The van der Waals surface area contributed by atoms with E-state index in [1.807, 2.05) is 30.3 Å². The smallest absolute Gasteiger partial charge is 0.197 e. The number of carboxylic acids is 1. The number of nitrogens with zero attached hydrogens (tertiary/aromatic N) is 3. The van der Waals surface area contributed by atoms with Crippen LogP contribution in [0.3, 0.4) is 0 Å². The molecule has 0 fully saturated rings. The summed E-state index contributed by atoms with van der Waals surface area (Å²) in [6.45, 7) is 0. The zero-order chi connectivity index (χ0) is 14.8. The molecule has 3 rings (SSSR count). The molecule has 1 aromatic heterocycles.